The summed E-state index contributed by atoms with van der Waals surface area (Å²) in [6.45, 7) is 0. The number of nitrogens with two attached hydrogens (primary N) is 2. The SMILES string of the molecule is NC(=O)c1ccc(N)c(Sc2ccccn2)c1. The minimum absolute atomic E-state index is 0.442. The van der Waals surface area contributed by atoms with Gasteiger partial charge in [0.1, 0.15) is 5.03 Å². The van der Waals surface area contributed by atoms with Crippen LogP contribution >= 0.6 is 11.8 Å². The van der Waals surface area contributed by atoms with Crippen LogP contribution in [0.15, 0.2) is 52.5 Å². The highest BCUT2D eigenvalue weighted by Gasteiger charge is 2.07. The van der Waals surface area contributed by atoms with Crippen molar-refractivity contribution >= 4 is 23.4 Å². The molecule has 2 rings (SSSR count). The van der Waals surface area contributed by atoms with Crippen LogP contribution in [-0.4, -0.2) is 10.9 Å². The number of primary amides is 1. The molecule has 2 aromatic rings. The second-order valence-electron chi connectivity index (χ2n) is 3.39. The van der Waals surface area contributed by atoms with Crippen molar-refractivity contribution in [1.82, 2.24) is 4.98 Å². The number of amides is 1. The van der Waals surface area contributed by atoms with Crippen molar-refractivity contribution in [2.75, 3.05) is 5.73 Å². The van der Waals surface area contributed by atoms with Crippen LogP contribution in [0.4, 0.5) is 5.69 Å². The number of pyridine rings is 1. The minimum Gasteiger partial charge on any atom is -0.398 e. The number of nitrogen functional groups attached to an aromatic ring is 1. The third-order valence-corrected chi connectivity index (χ3v) is 3.17. The van der Waals surface area contributed by atoms with Crippen molar-refractivity contribution in [2.24, 2.45) is 5.73 Å². The fourth-order valence-electron chi connectivity index (χ4n) is 1.30. The lowest BCUT2D eigenvalue weighted by Crippen LogP contribution is -2.11. The van der Waals surface area contributed by atoms with E-state index < -0.39 is 5.91 Å². The zero-order valence-corrected chi connectivity index (χ0v) is 9.78. The molecule has 1 aromatic carbocycles. The average molecular weight is 245 g/mol. The molecule has 0 saturated heterocycles. The van der Waals surface area contributed by atoms with E-state index in [4.69, 9.17) is 11.5 Å². The number of carbonyl (C=O) groups is 1. The van der Waals surface area contributed by atoms with Crippen LogP contribution in [-0.2, 0) is 0 Å². The van der Waals surface area contributed by atoms with Gasteiger partial charge in [0.05, 0.1) is 0 Å². The molecule has 0 aliphatic rings. The first-order chi connectivity index (χ1) is 8.16. The molecule has 0 saturated carbocycles. The maximum Gasteiger partial charge on any atom is 0.248 e. The van der Waals surface area contributed by atoms with Crippen LogP contribution < -0.4 is 11.5 Å². The molecule has 0 fully saturated rings. The van der Waals surface area contributed by atoms with E-state index in [-0.39, 0.29) is 0 Å². The van der Waals surface area contributed by atoms with Crippen LogP contribution in [0.1, 0.15) is 10.4 Å². The lowest BCUT2D eigenvalue weighted by Gasteiger charge is -2.06. The Morgan fingerprint density at radius 2 is 2.06 bits per heavy atom. The second kappa shape index (κ2) is 4.88. The third kappa shape index (κ3) is 2.76. The van der Waals surface area contributed by atoms with E-state index in [1.165, 1.54) is 11.8 Å². The van der Waals surface area contributed by atoms with Gasteiger partial charge in [0.25, 0.3) is 0 Å². The molecule has 0 radical (unpaired) electrons. The van der Waals surface area contributed by atoms with Gasteiger partial charge >= 0.3 is 0 Å². The predicted molar refractivity (Wildman–Crippen MR) is 67.7 cm³/mol. The van der Waals surface area contributed by atoms with Crippen molar-refractivity contribution in [3.8, 4) is 0 Å². The zero-order chi connectivity index (χ0) is 12.3. The fourth-order valence-corrected chi connectivity index (χ4v) is 2.15. The second-order valence-corrected chi connectivity index (χ2v) is 4.45. The Morgan fingerprint density at radius 1 is 1.24 bits per heavy atom. The standard InChI is InChI=1S/C12H11N3OS/c13-9-5-4-8(12(14)16)7-10(9)17-11-3-1-2-6-15-11/h1-7H,13H2,(H2,14,16). The highest BCUT2D eigenvalue weighted by Crippen LogP contribution is 2.31. The number of hydrogen-bond donors (Lipinski definition) is 2. The Kier molecular flexibility index (Phi) is 3.30. The maximum atomic E-state index is 11.1. The van der Waals surface area contributed by atoms with Crippen molar-refractivity contribution in [3.63, 3.8) is 0 Å². The van der Waals surface area contributed by atoms with Gasteiger partial charge in [-0.15, -0.1) is 0 Å². The molecule has 1 heterocycles. The normalized spacial score (nSPS) is 10.1. The molecule has 86 valence electrons. The summed E-state index contributed by atoms with van der Waals surface area (Å²) in [5.74, 6) is -0.465. The monoisotopic (exact) mass is 245 g/mol. The largest absolute Gasteiger partial charge is 0.398 e. The smallest absolute Gasteiger partial charge is 0.248 e. The number of benzene rings is 1. The van der Waals surface area contributed by atoms with Crippen molar-refractivity contribution in [3.05, 3.63) is 48.2 Å². The van der Waals surface area contributed by atoms with Gasteiger partial charge in [0, 0.05) is 22.3 Å². The highest BCUT2D eigenvalue weighted by atomic mass is 32.2. The zero-order valence-electron chi connectivity index (χ0n) is 8.96. The Labute approximate surface area is 103 Å². The van der Waals surface area contributed by atoms with E-state index in [1.807, 2.05) is 18.2 Å². The molecule has 4 N–H and O–H groups in total. The topological polar surface area (TPSA) is 82.0 Å². The van der Waals surface area contributed by atoms with Crippen LogP contribution in [0.2, 0.25) is 0 Å². The van der Waals surface area contributed by atoms with Gasteiger partial charge in [-0.05, 0) is 30.3 Å². The molecule has 0 aliphatic carbocycles. The fraction of sp³-hybridized carbons (Fsp3) is 0. The molecule has 0 unspecified atom stereocenters. The summed E-state index contributed by atoms with van der Waals surface area (Å²) in [6.07, 6.45) is 1.70. The van der Waals surface area contributed by atoms with Gasteiger partial charge < -0.3 is 11.5 Å². The van der Waals surface area contributed by atoms with E-state index in [2.05, 4.69) is 4.98 Å². The Morgan fingerprint density at radius 3 is 2.71 bits per heavy atom. The summed E-state index contributed by atoms with van der Waals surface area (Å²) in [4.78, 5) is 16.0. The van der Waals surface area contributed by atoms with Gasteiger partial charge in [-0.2, -0.15) is 0 Å². The van der Waals surface area contributed by atoms with E-state index in [1.54, 1.807) is 24.4 Å². The van der Waals surface area contributed by atoms with Crippen LogP contribution in [0.25, 0.3) is 0 Å². The summed E-state index contributed by atoms with van der Waals surface area (Å²) in [5.41, 5.74) is 12.1. The van der Waals surface area contributed by atoms with Crippen LogP contribution in [0, 0.1) is 0 Å². The molecule has 1 amide bonds. The lowest BCUT2D eigenvalue weighted by molar-refractivity contribution is 0.1000. The van der Waals surface area contributed by atoms with Crippen molar-refractivity contribution < 1.29 is 4.79 Å². The summed E-state index contributed by atoms with van der Waals surface area (Å²) < 4.78 is 0. The Hall–Kier alpha value is -2.01. The van der Waals surface area contributed by atoms with Gasteiger partial charge in [0.15, 0.2) is 0 Å². The molecule has 0 atom stereocenters. The molecular formula is C12H11N3OS. The minimum atomic E-state index is -0.465. The van der Waals surface area contributed by atoms with E-state index >= 15 is 0 Å². The van der Waals surface area contributed by atoms with Gasteiger partial charge in [-0.3, -0.25) is 4.79 Å². The average Bonchev–Trinajstić information content (AvgIpc) is 2.33. The number of anilines is 1. The number of carbonyl (C=O) groups excluding carboxylic acids is 1. The molecule has 1 aromatic heterocycles. The third-order valence-electron chi connectivity index (χ3n) is 2.15. The molecule has 0 spiro atoms. The van der Waals surface area contributed by atoms with Gasteiger partial charge in [-0.1, -0.05) is 17.8 Å². The Bertz CT molecular complexity index is 543. The molecule has 5 heteroatoms. The van der Waals surface area contributed by atoms with Crippen LogP contribution in [0.3, 0.4) is 0 Å². The molecule has 0 aliphatic heterocycles. The van der Waals surface area contributed by atoms with E-state index in [0.717, 1.165) is 9.92 Å². The first-order valence-electron chi connectivity index (χ1n) is 4.95. The molecule has 4 nitrogen and oxygen atoms in total. The lowest BCUT2D eigenvalue weighted by atomic mass is 10.2. The molecular weight excluding hydrogens is 234 g/mol. The van der Waals surface area contributed by atoms with Crippen LogP contribution in [0.5, 0.6) is 0 Å². The number of hydrogen-bond acceptors (Lipinski definition) is 4. The first kappa shape index (κ1) is 11.5. The summed E-state index contributed by atoms with van der Waals surface area (Å²) in [6, 6.07) is 10.6. The summed E-state index contributed by atoms with van der Waals surface area (Å²) in [7, 11) is 0. The highest BCUT2D eigenvalue weighted by molar-refractivity contribution is 7.99. The van der Waals surface area contributed by atoms with Gasteiger partial charge in [-0.25, -0.2) is 4.98 Å². The quantitative estimate of drug-likeness (QED) is 0.809. The van der Waals surface area contributed by atoms with Gasteiger partial charge in [0.2, 0.25) is 5.91 Å². The van der Waals surface area contributed by atoms with Crippen molar-refractivity contribution in [2.45, 2.75) is 9.92 Å². The van der Waals surface area contributed by atoms with E-state index in [9.17, 15) is 4.79 Å². The Balaban J connectivity index is 2.32. The summed E-state index contributed by atoms with van der Waals surface area (Å²) in [5, 5.41) is 0.820. The van der Waals surface area contributed by atoms with Crippen molar-refractivity contribution in [1.29, 1.82) is 0 Å². The number of rotatable bonds is 3. The number of nitrogens with zero attached hydrogens (tertiary/aromatic N) is 1. The maximum absolute atomic E-state index is 11.1. The molecule has 17 heavy (non-hydrogen) atoms. The van der Waals surface area contributed by atoms with E-state index in [0.29, 0.717) is 11.3 Å². The predicted octanol–water partition coefficient (Wildman–Crippen LogP) is 1.91. The summed E-state index contributed by atoms with van der Waals surface area (Å²) >= 11 is 1.40. The first-order valence-corrected chi connectivity index (χ1v) is 5.76. The molecule has 0 bridgehead atoms. The number of aromatic nitrogens is 1.